The van der Waals surface area contributed by atoms with Crippen molar-refractivity contribution in [2.45, 2.75) is 50.3 Å². The number of rotatable bonds is 7. The summed E-state index contributed by atoms with van der Waals surface area (Å²) in [4.78, 5) is 26.3. The number of carboxylic acid groups (broad SMARTS) is 1. The number of thioether (sulfide) groups is 1. The number of nitrogens with zero attached hydrogens (tertiary/aromatic N) is 1. The first-order valence-electron chi connectivity index (χ1n) is 8.84. The molecule has 0 radical (unpaired) electrons. The number of carboxylic acids is 1. The lowest BCUT2D eigenvalue weighted by atomic mass is 9.85. The molecule has 0 aromatic heterocycles. The topological polar surface area (TPSA) is 69.6 Å². The molecule has 2 N–H and O–H groups in total. The number of likely N-dealkylation sites (N-methyl/N-ethyl adjacent to an activating group) is 1. The lowest BCUT2D eigenvalue weighted by Gasteiger charge is -2.42. The minimum absolute atomic E-state index is 0.00482. The molecule has 0 aromatic rings. The van der Waals surface area contributed by atoms with Crippen molar-refractivity contribution in [3.05, 3.63) is 22.8 Å². The first kappa shape index (κ1) is 17.5. The van der Waals surface area contributed by atoms with Crippen molar-refractivity contribution in [3.63, 3.8) is 0 Å². The highest BCUT2D eigenvalue weighted by molar-refractivity contribution is 8.03. The highest BCUT2D eigenvalue weighted by atomic mass is 32.2. The van der Waals surface area contributed by atoms with Gasteiger partial charge < -0.3 is 15.3 Å². The van der Waals surface area contributed by atoms with E-state index in [4.69, 9.17) is 0 Å². The van der Waals surface area contributed by atoms with Crippen LogP contribution in [0.4, 0.5) is 0 Å². The SMILES string of the molecule is CC[C@H]1C(=O)N2C(C(=O)O)=C(SC3CCC(/C=C\CNC)C3)C[C@H]12. The summed E-state index contributed by atoms with van der Waals surface area (Å²) in [6.45, 7) is 2.89. The first-order valence-corrected chi connectivity index (χ1v) is 9.72. The van der Waals surface area contributed by atoms with Gasteiger partial charge in [-0.25, -0.2) is 4.79 Å². The minimum atomic E-state index is -0.952. The first-order chi connectivity index (χ1) is 11.6. The van der Waals surface area contributed by atoms with E-state index in [9.17, 15) is 14.7 Å². The predicted octanol–water partition coefficient (Wildman–Crippen LogP) is 2.60. The molecule has 4 atom stereocenters. The lowest BCUT2D eigenvalue weighted by molar-refractivity contribution is -0.155. The average Bonchev–Trinajstić information content (AvgIpc) is 3.11. The number of β-lactam (4-membered cyclic amide) rings is 1. The summed E-state index contributed by atoms with van der Waals surface area (Å²) < 4.78 is 0. The molecule has 24 heavy (non-hydrogen) atoms. The molecule has 2 fully saturated rings. The molecular formula is C18H26N2O3S. The van der Waals surface area contributed by atoms with Crippen LogP contribution >= 0.6 is 11.8 Å². The van der Waals surface area contributed by atoms with Crippen molar-refractivity contribution < 1.29 is 14.7 Å². The Bertz CT molecular complexity index is 587. The molecule has 5 nitrogen and oxygen atoms in total. The summed E-state index contributed by atoms with van der Waals surface area (Å²) >= 11 is 1.71. The maximum absolute atomic E-state index is 12.2. The van der Waals surface area contributed by atoms with Gasteiger partial charge in [0.25, 0.3) is 0 Å². The average molecular weight is 350 g/mol. The smallest absolute Gasteiger partial charge is 0.353 e. The fraction of sp³-hybridized carbons (Fsp3) is 0.667. The van der Waals surface area contributed by atoms with Crippen LogP contribution in [0.2, 0.25) is 0 Å². The molecule has 3 aliphatic rings. The predicted molar refractivity (Wildman–Crippen MR) is 95.5 cm³/mol. The molecule has 1 aliphatic carbocycles. The van der Waals surface area contributed by atoms with Crippen LogP contribution in [0.5, 0.6) is 0 Å². The molecule has 2 unspecified atom stereocenters. The largest absolute Gasteiger partial charge is 0.477 e. The van der Waals surface area contributed by atoms with E-state index in [1.807, 2.05) is 14.0 Å². The van der Waals surface area contributed by atoms with Crippen molar-refractivity contribution in [1.82, 2.24) is 10.2 Å². The number of allylic oxidation sites excluding steroid dienone is 1. The van der Waals surface area contributed by atoms with Crippen LogP contribution in [0.3, 0.4) is 0 Å². The Hall–Kier alpha value is -1.27. The number of hydrogen-bond donors (Lipinski definition) is 2. The Morgan fingerprint density at radius 2 is 2.25 bits per heavy atom. The van der Waals surface area contributed by atoms with Gasteiger partial charge in [0.05, 0.1) is 12.0 Å². The Balaban J connectivity index is 1.65. The van der Waals surface area contributed by atoms with Gasteiger partial charge in [0.2, 0.25) is 5.91 Å². The van der Waals surface area contributed by atoms with Crippen LogP contribution in [0.25, 0.3) is 0 Å². The molecule has 2 aliphatic heterocycles. The van der Waals surface area contributed by atoms with Gasteiger partial charge >= 0.3 is 5.97 Å². The van der Waals surface area contributed by atoms with Gasteiger partial charge in [0, 0.05) is 23.1 Å². The van der Waals surface area contributed by atoms with Crippen LogP contribution in [0.15, 0.2) is 22.8 Å². The monoisotopic (exact) mass is 350 g/mol. The van der Waals surface area contributed by atoms with E-state index in [-0.39, 0.29) is 23.6 Å². The summed E-state index contributed by atoms with van der Waals surface area (Å²) in [5, 5.41) is 13.1. The van der Waals surface area contributed by atoms with Gasteiger partial charge in [0.1, 0.15) is 5.70 Å². The van der Waals surface area contributed by atoms with E-state index in [1.165, 1.54) is 4.90 Å². The standard InChI is InChI=1S/C18H26N2O3S/c1-3-13-14-10-15(16(18(22)23)20(14)17(13)21)24-12-7-6-11(9-12)5-4-8-19-2/h4-5,11-14,19H,3,6-10H2,1-2H3,(H,22,23)/b5-4-/t11?,12?,13-,14-/m1/s1. The van der Waals surface area contributed by atoms with E-state index in [2.05, 4.69) is 17.5 Å². The highest BCUT2D eigenvalue weighted by Crippen LogP contribution is 2.50. The van der Waals surface area contributed by atoms with Gasteiger partial charge in [-0.05, 0) is 38.6 Å². The van der Waals surface area contributed by atoms with Gasteiger partial charge in [-0.2, -0.15) is 0 Å². The molecule has 3 rings (SSSR count). The summed E-state index contributed by atoms with van der Waals surface area (Å²) in [6.07, 6.45) is 9.35. The third-order valence-corrected chi connectivity index (χ3v) is 6.76. The zero-order valence-corrected chi connectivity index (χ0v) is 15.1. The van der Waals surface area contributed by atoms with Gasteiger partial charge in [-0.15, -0.1) is 11.8 Å². The minimum Gasteiger partial charge on any atom is -0.477 e. The highest BCUT2D eigenvalue weighted by Gasteiger charge is 2.54. The molecule has 1 amide bonds. The van der Waals surface area contributed by atoms with Gasteiger partial charge in [0.15, 0.2) is 0 Å². The summed E-state index contributed by atoms with van der Waals surface area (Å²) in [5.41, 5.74) is 0.258. The molecule has 0 bridgehead atoms. The molecule has 1 saturated heterocycles. The summed E-state index contributed by atoms with van der Waals surface area (Å²) in [5.74, 6) is -0.354. The van der Waals surface area contributed by atoms with Crippen LogP contribution in [0.1, 0.15) is 39.0 Å². The molecule has 0 spiro atoms. The lowest BCUT2D eigenvalue weighted by Crippen LogP contribution is -2.58. The Kier molecular flexibility index (Phi) is 5.35. The number of nitrogens with one attached hydrogen (secondary N) is 1. The fourth-order valence-corrected chi connectivity index (χ4v) is 5.71. The Labute approximate surface area is 147 Å². The summed E-state index contributed by atoms with van der Waals surface area (Å²) in [7, 11) is 1.94. The zero-order chi connectivity index (χ0) is 17.3. The number of aliphatic carboxylic acids is 1. The van der Waals surface area contributed by atoms with E-state index >= 15 is 0 Å². The number of fused-ring (bicyclic) bond motifs is 1. The van der Waals surface area contributed by atoms with E-state index in [0.717, 1.165) is 43.6 Å². The number of carbonyl (C=O) groups is 2. The summed E-state index contributed by atoms with van der Waals surface area (Å²) in [6, 6.07) is 0.0869. The maximum atomic E-state index is 12.2. The molecule has 132 valence electrons. The second-order valence-electron chi connectivity index (χ2n) is 6.87. The second kappa shape index (κ2) is 7.31. The van der Waals surface area contributed by atoms with Crippen LogP contribution < -0.4 is 5.32 Å². The van der Waals surface area contributed by atoms with Crippen LogP contribution in [-0.2, 0) is 9.59 Å². The normalized spacial score (nSPS) is 32.6. The number of amides is 1. The van der Waals surface area contributed by atoms with Crippen molar-refractivity contribution >= 4 is 23.6 Å². The molecule has 1 saturated carbocycles. The van der Waals surface area contributed by atoms with Gasteiger partial charge in [-0.1, -0.05) is 19.1 Å². The molecule has 6 heteroatoms. The quantitative estimate of drug-likeness (QED) is 0.546. The Morgan fingerprint density at radius 3 is 2.92 bits per heavy atom. The number of carbonyl (C=O) groups excluding carboxylic acids is 1. The van der Waals surface area contributed by atoms with E-state index in [0.29, 0.717) is 11.2 Å². The van der Waals surface area contributed by atoms with Crippen molar-refractivity contribution in [3.8, 4) is 0 Å². The van der Waals surface area contributed by atoms with Crippen LogP contribution in [-0.4, -0.2) is 46.8 Å². The third kappa shape index (κ3) is 3.14. The maximum Gasteiger partial charge on any atom is 0.353 e. The second-order valence-corrected chi connectivity index (χ2v) is 8.27. The zero-order valence-electron chi connectivity index (χ0n) is 14.3. The van der Waals surface area contributed by atoms with Crippen molar-refractivity contribution in [2.24, 2.45) is 11.8 Å². The molecular weight excluding hydrogens is 324 g/mol. The Morgan fingerprint density at radius 1 is 1.46 bits per heavy atom. The number of hydrogen-bond acceptors (Lipinski definition) is 4. The third-order valence-electron chi connectivity index (χ3n) is 5.36. The fourth-order valence-electron chi connectivity index (χ4n) is 4.14. The van der Waals surface area contributed by atoms with Crippen molar-refractivity contribution in [1.29, 1.82) is 0 Å². The van der Waals surface area contributed by atoms with E-state index < -0.39 is 5.97 Å². The van der Waals surface area contributed by atoms with Crippen molar-refractivity contribution in [2.75, 3.05) is 13.6 Å². The van der Waals surface area contributed by atoms with Gasteiger partial charge in [-0.3, -0.25) is 4.79 Å². The molecule has 0 aromatic carbocycles. The molecule has 2 heterocycles. The van der Waals surface area contributed by atoms with Crippen LogP contribution in [0, 0.1) is 11.8 Å². The van der Waals surface area contributed by atoms with E-state index in [1.54, 1.807) is 11.8 Å².